The molecular weight excluding hydrogens is 249 g/mol. The van der Waals surface area contributed by atoms with E-state index in [9.17, 15) is 4.79 Å². The zero-order valence-corrected chi connectivity index (χ0v) is 10.6. The predicted molar refractivity (Wildman–Crippen MR) is 63.8 cm³/mol. The Balaban J connectivity index is 2.04. The van der Waals surface area contributed by atoms with Crippen LogP contribution < -0.4 is 5.32 Å². The molecule has 0 saturated heterocycles. The van der Waals surface area contributed by atoms with Crippen LogP contribution in [0.2, 0.25) is 0 Å². The molecule has 1 aromatic heterocycles. The zero-order valence-electron chi connectivity index (χ0n) is 9.08. The maximum absolute atomic E-state index is 11.7. The third-order valence-corrected chi connectivity index (χ3v) is 3.39. The van der Waals surface area contributed by atoms with Gasteiger partial charge in [-0.3, -0.25) is 4.79 Å². The second kappa shape index (κ2) is 3.93. The number of halogens is 2. The highest BCUT2D eigenvalue weighted by Crippen LogP contribution is 2.53. The molecule has 1 aromatic rings. The minimum absolute atomic E-state index is 0.146. The Bertz CT molecular complexity index is 414. The normalized spacial score (nSPS) is 22.2. The van der Waals surface area contributed by atoms with Gasteiger partial charge in [0.05, 0.1) is 12.1 Å². The minimum Gasteiger partial charge on any atom is -0.311 e. The predicted octanol–water partition coefficient (Wildman–Crippen LogP) is 2.60. The number of aromatic nitrogens is 2. The van der Waals surface area contributed by atoms with Crippen molar-refractivity contribution in [3.8, 4) is 0 Å². The molecule has 1 aliphatic rings. The number of nitrogens with zero attached hydrogens (tertiary/aromatic N) is 2. The van der Waals surface area contributed by atoms with Crippen LogP contribution in [0.3, 0.4) is 0 Å². The molecule has 1 aliphatic carbocycles. The van der Waals surface area contributed by atoms with Gasteiger partial charge in [-0.25, -0.2) is 4.68 Å². The van der Waals surface area contributed by atoms with Crippen molar-refractivity contribution in [1.82, 2.24) is 9.78 Å². The van der Waals surface area contributed by atoms with E-state index in [0.717, 1.165) is 0 Å². The number of carbonyl (C=O) groups excluding carboxylic acids is 1. The van der Waals surface area contributed by atoms with Crippen LogP contribution >= 0.6 is 23.2 Å². The van der Waals surface area contributed by atoms with Gasteiger partial charge in [0, 0.05) is 12.1 Å². The molecule has 16 heavy (non-hydrogen) atoms. The molecule has 2 rings (SSSR count). The summed E-state index contributed by atoms with van der Waals surface area (Å²) in [7, 11) is 0. The lowest BCUT2D eigenvalue weighted by molar-refractivity contribution is -0.117. The molecule has 4 nitrogen and oxygen atoms in total. The lowest BCUT2D eigenvalue weighted by Crippen LogP contribution is -2.20. The van der Waals surface area contributed by atoms with Gasteiger partial charge in [0.2, 0.25) is 5.91 Å². The fourth-order valence-electron chi connectivity index (χ4n) is 1.54. The highest BCUT2D eigenvalue weighted by molar-refractivity contribution is 6.52. The first kappa shape index (κ1) is 11.7. The van der Waals surface area contributed by atoms with Gasteiger partial charge in [0.25, 0.3) is 0 Å². The number of nitrogens with one attached hydrogen (secondary N) is 1. The second-order valence-electron chi connectivity index (χ2n) is 4.26. The monoisotopic (exact) mass is 261 g/mol. The Morgan fingerprint density at radius 3 is 2.81 bits per heavy atom. The van der Waals surface area contributed by atoms with Gasteiger partial charge in [-0.15, -0.1) is 23.2 Å². The van der Waals surface area contributed by atoms with Crippen LogP contribution in [0.25, 0.3) is 0 Å². The van der Waals surface area contributed by atoms with Crippen LogP contribution in [0.1, 0.15) is 26.3 Å². The number of anilines is 1. The van der Waals surface area contributed by atoms with Crippen LogP contribution in [0.5, 0.6) is 0 Å². The van der Waals surface area contributed by atoms with Crippen LogP contribution in [0, 0.1) is 5.92 Å². The molecule has 1 atom stereocenters. The summed E-state index contributed by atoms with van der Waals surface area (Å²) in [4.78, 5) is 11.7. The Labute approximate surface area is 104 Å². The average molecular weight is 262 g/mol. The van der Waals surface area contributed by atoms with Crippen LogP contribution in [0.15, 0.2) is 12.3 Å². The molecule has 0 aliphatic heterocycles. The molecule has 1 saturated carbocycles. The van der Waals surface area contributed by atoms with E-state index in [1.165, 1.54) is 0 Å². The molecule has 88 valence electrons. The average Bonchev–Trinajstić information content (AvgIpc) is 2.61. The third-order valence-electron chi connectivity index (χ3n) is 2.55. The van der Waals surface area contributed by atoms with Crippen molar-refractivity contribution in [2.45, 2.75) is 30.6 Å². The summed E-state index contributed by atoms with van der Waals surface area (Å²) in [5.41, 5.74) is 0. The van der Waals surface area contributed by atoms with Gasteiger partial charge in [-0.1, -0.05) is 0 Å². The highest BCUT2D eigenvalue weighted by Gasteiger charge is 2.56. The Morgan fingerprint density at radius 1 is 1.69 bits per heavy atom. The van der Waals surface area contributed by atoms with Gasteiger partial charge in [0.1, 0.15) is 10.2 Å². The molecule has 1 unspecified atom stereocenters. The third kappa shape index (κ3) is 2.18. The standard InChI is InChI=1S/C10H13Cl2N3O/c1-6(2)15-8(3-4-13-15)14-9(16)7-5-10(7,11)12/h3-4,6-7H,5H2,1-2H3,(H,14,16). The topological polar surface area (TPSA) is 46.9 Å². The number of alkyl halides is 2. The lowest BCUT2D eigenvalue weighted by atomic mass is 10.3. The molecule has 0 radical (unpaired) electrons. The van der Waals surface area contributed by atoms with Crippen molar-refractivity contribution in [2.75, 3.05) is 5.32 Å². The first-order valence-electron chi connectivity index (χ1n) is 5.14. The van der Waals surface area contributed by atoms with E-state index in [1.54, 1.807) is 16.9 Å². The lowest BCUT2D eigenvalue weighted by Gasteiger charge is -2.11. The van der Waals surface area contributed by atoms with Crippen molar-refractivity contribution < 1.29 is 4.79 Å². The molecule has 0 spiro atoms. The van der Waals surface area contributed by atoms with Crippen molar-refractivity contribution in [1.29, 1.82) is 0 Å². The molecule has 6 heteroatoms. The van der Waals surface area contributed by atoms with Gasteiger partial charge in [-0.05, 0) is 20.3 Å². The fraction of sp³-hybridized carbons (Fsp3) is 0.600. The summed E-state index contributed by atoms with van der Waals surface area (Å²) >= 11 is 11.7. The van der Waals surface area contributed by atoms with Gasteiger partial charge in [-0.2, -0.15) is 5.10 Å². The van der Waals surface area contributed by atoms with E-state index in [0.29, 0.717) is 12.2 Å². The maximum atomic E-state index is 11.7. The molecular formula is C10H13Cl2N3O. The largest absolute Gasteiger partial charge is 0.311 e. The summed E-state index contributed by atoms with van der Waals surface area (Å²) in [6.45, 7) is 3.99. The smallest absolute Gasteiger partial charge is 0.231 e. The van der Waals surface area contributed by atoms with E-state index in [1.807, 2.05) is 13.8 Å². The minimum atomic E-state index is -0.882. The van der Waals surface area contributed by atoms with Gasteiger partial charge < -0.3 is 5.32 Å². The molecule has 1 N–H and O–H groups in total. The molecule has 1 fully saturated rings. The van der Waals surface area contributed by atoms with E-state index in [-0.39, 0.29) is 17.9 Å². The second-order valence-corrected chi connectivity index (χ2v) is 5.80. The van der Waals surface area contributed by atoms with Crippen LogP contribution in [-0.2, 0) is 4.79 Å². The van der Waals surface area contributed by atoms with E-state index < -0.39 is 4.33 Å². The number of rotatable bonds is 3. The fourth-order valence-corrected chi connectivity index (χ4v) is 2.04. The Hall–Kier alpha value is -0.740. The number of hydrogen-bond acceptors (Lipinski definition) is 2. The number of hydrogen-bond donors (Lipinski definition) is 1. The summed E-state index contributed by atoms with van der Waals surface area (Å²) in [5.74, 6) is 0.217. The Morgan fingerprint density at radius 2 is 2.31 bits per heavy atom. The van der Waals surface area contributed by atoms with Crippen molar-refractivity contribution in [3.63, 3.8) is 0 Å². The first-order valence-corrected chi connectivity index (χ1v) is 5.89. The van der Waals surface area contributed by atoms with Gasteiger partial charge >= 0.3 is 0 Å². The molecule has 0 aromatic carbocycles. The van der Waals surface area contributed by atoms with E-state index >= 15 is 0 Å². The van der Waals surface area contributed by atoms with Crippen molar-refractivity contribution in [2.24, 2.45) is 5.92 Å². The summed E-state index contributed by atoms with van der Waals surface area (Å²) in [5, 5.41) is 6.90. The summed E-state index contributed by atoms with van der Waals surface area (Å²) in [6.07, 6.45) is 2.16. The Kier molecular flexibility index (Phi) is 2.88. The maximum Gasteiger partial charge on any atom is 0.231 e. The molecule has 1 amide bonds. The van der Waals surface area contributed by atoms with Gasteiger partial charge in [0.15, 0.2) is 0 Å². The quantitative estimate of drug-likeness (QED) is 0.851. The molecule has 1 heterocycles. The van der Waals surface area contributed by atoms with Crippen LogP contribution in [0.4, 0.5) is 5.82 Å². The first-order chi connectivity index (χ1) is 7.42. The SMILES string of the molecule is CC(C)n1nccc1NC(=O)C1CC1(Cl)Cl. The number of carbonyl (C=O) groups is 1. The number of amides is 1. The summed E-state index contributed by atoms with van der Waals surface area (Å²) < 4.78 is 0.858. The van der Waals surface area contributed by atoms with E-state index in [2.05, 4.69) is 10.4 Å². The molecule has 0 bridgehead atoms. The van der Waals surface area contributed by atoms with Crippen LogP contribution in [-0.4, -0.2) is 20.0 Å². The van der Waals surface area contributed by atoms with Crippen molar-refractivity contribution >= 4 is 34.9 Å². The highest BCUT2D eigenvalue weighted by atomic mass is 35.5. The summed E-state index contributed by atoms with van der Waals surface area (Å²) in [6, 6.07) is 1.95. The zero-order chi connectivity index (χ0) is 11.9. The van der Waals surface area contributed by atoms with Crippen molar-refractivity contribution in [3.05, 3.63) is 12.3 Å². The van der Waals surface area contributed by atoms with E-state index in [4.69, 9.17) is 23.2 Å².